The molecule has 0 saturated heterocycles. The zero-order valence-electron chi connectivity index (χ0n) is 12.9. The largest absolute Gasteiger partial charge is 0.461 e. The van der Waals surface area contributed by atoms with Gasteiger partial charge in [0.15, 0.2) is 5.76 Å². The summed E-state index contributed by atoms with van der Waals surface area (Å²) < 4.78 is 23.3. The summed E-state index contributed by atoms with van der Waals surface area (Å²) in [6, 6.07) is 9.79. The maximum atomic E-state index is 13.0. The summed E-state index contributed by atoms with van der Waals surface area (Å²) in [6.45, 7) is 0.448. The molecule has 0 fully saturated rings. The lowest BCUT2D eigenvalue weighted by molar-refractivity contribution is -0.121. The molecule has 124 valence electrons. The highest BCUT2D eigenvalue weighted by Crippen LogP contribution is 2.16. The number of nitrogens with zero attached hydrogens (tertiary/aromatic N) is 2. The molecule has 1 amide bonds. The summed E-state index contributed by atoms with van der Waals surface area (Å²) in [5.74, 6) is 0.861. The number of carbonyl (C=O) groups is 1. The topological polar surface area (TPSA) is 81.2 Å². The third-order valence-electron chi connectivity index (χ3n) is 3.40. The zero-order valence-corrected chi connectivity index (χ0v) is 12.9. The quantitative estimate of drug-likeness (QED) is 0.721. The Hall–Kier alpha value is -2.96. The molecular formula is C17H16FN3O3. The molecular weight excluding hydrogens is 313 g/mol. The van der Waals surface area contributed by atoms with E-state index in [0.29, 0.717) is 36.9 Å². The summed E-state index contributed by atoms with van der Waals surface area (Å²) in [7, 11) is 0. The van der Waals surface area contributed by atoms with Crippen molar-refractivity contribution in [2.75, 3.05) is 6.54 Å². The van der Waals surface area contributed by atoms with Crippen LogP contribution in [0.15, 0.2) is 51.6 Å². The van der Waals surface area contributed by atoms with Gasteiger partial charge in [-0.3, -0.25) is 4.79 Å². The number of halogens is 1. The first-order valence-electron chi connectivity index (χ1n) is 7.58. The third kappa shape index (κ3) is 4.28. The molecule has 24 heavy (non-hydrogen) atoms. The highest BCUT2D eigenvalue weighted by Gasteiger charge is 2.12. The van der Waals surface area contributed by atoms with Crippen LogP contribution in [-0.4, -0.2) is 22.6 Å². The molecule has 0 aliphatic rings. The Morgan fingerprint density at radius 3 is 2.92 bits per heavy atom. The number of furan rings is 1. The molecule has 6 nitrogen and oxygen atoms in total. The fourth-order valence-electron chi connectivity index (χ4n) is 2.21. The molecule has 0 radical (unpaired) electrons. The lowest BCUT2D eigenvalue weighted by Gasteiger charge is -2.04. The molecule has 0 aliphatic heterocycles. The minimum absolute atomic E-state index is 0.121. The van der Waals surface area contributed by atoms with Crippen LogP contribution in [0.2, 0.25) is 0 Å². The summed E-state index contributed by atoms with van der Waals surface area (Å²) >= 11 is 0. The minimum Gasteiger partial charge on any atom is -0.461 e. The first kappa shape index (κ1) is 15.9. The van der Waals surface area contributed by atoms with E-state index in [-0.39, 0.29) is 18.1 Å². The molecule has 3 rings (SSSR count). The molecule has 0 spiro atoms. The maximum Gasteiger partial charge on any atom is 0.238 e. The number of nitrogens with one attached hydrogen (secondary N) is 1. The SMILES string of the molecule is O=C(CCc1nc(-c2ccco2)no1)NCCc1cccc(F)c1. The smallest absolute Gasteiger partial charge is 0.238 e. The number of carbonyl (C=O) groups excluding carboxylic acids is 1. The number of hydrogen-bond donors (Lipinski definition) is 1. The molecule has 2 heterocycles. The van der Waals surface area contributed by atoms with Gasteiger partial charge in [0, 0.05) is 19.4 Å². The number of hydrogen-bond acceptors (Lipinski definition) is 5. The van der Waals surface area contributed by atoms with Crippen LogP contribution in [0.25, 0.3) is 11.6 Å². The van der Waals surface area contributed by atoms with E-state index in [1.807, 2.05) is 6.07 Å². The van der Waals surface area contributed by atoms with Gasteiger partial charge in [-0.25, -0.2) is 4.39 Å². The standard InChI is InChI=1S/C17H16FN3O3/c18-13-4-1-3-12(11-13)8-9-19-15(22)6-7-16-20-17(21-24-16)14-5-2-10-23-14/h1-5,10-11H,6-9H2,(H,19,22). The Bertz CT molecular complexity index is 799. The lowest BCUT2D eigenvalue weighted by Crippen LogP contribution is -2.25. The predicted octanol–water partition coefficient (Wildman–Crippen LogP) is 2.76. The molecule has 3 aromatic rings. The molecule has 0 aliphatic carbocycles. The van der Waals surface area contributed by atoms with Gasteiger partial charge in [0.2, 0.25) is 17.6 Å². The van der Waals surface area contributed by atoms with Crippen LogP contribution in [0, 0.1) is 5.82 Å². The van der Waals surface area contributed by atoms with Gasteiger partial charge in [-0.1, -0.05) is 17.3 Å². The maximum absolute atomic E-state index is 13.0. The molecule has 0 saturated carbocycles. The lowest BCUT2D eigenvalue weighted by atomic mass is 10.1. The first-order chi connectivity index (χ1) is 11.7. The first-order valence-corrected chi connectivity index (χ1v) is 7.58. The Balaban J connectivity index is 1.41. The Morgan fingerprint density at radius 2 is 2.12 bits per heavy atom. The molecule has 1 aromatic carbocycles. The summed E-state index contributed by atoms with van der Waals surface area (Å²) in [4.78, 5) is 16.0. The van der Waals surface area contributed by atoms with Gasteiger partial charge < -0.3 is 14.3 Å². The van der Waals surface area contributed by atoms with Crippen molar-refractivity contribution < 1.29 is 18.1 Å². The van der Waals surface area contributed by atoms with Gasteiger partial charge in [-0.2, -0.15) is 4.98 Å². The van der Waals surface area contributed by atoms with Gasteiger partial charge >= 0.3 is 0 Å². The predicted molar refractivity (Wildman–Crippen MR) is 83.4 cm³/mol. The molecule has 0 unspecified atom stereocenters. The second kappa shape index (κ2) is 7.54. The Kier molecular flexibility index (Phi) is 5.00. The van der Waals surface area contributed by atoms with E-state index in [0.717, 1.165) is 5.56 Å². The van der Waals surface area contributed by atoms with Crippen LogP contribution in [-0.2, 0) is 17.6 Å². The van der Waals surface area contributed by atoms with Gasteiger partial charge in [-0.15, -0.1) is 0 Å². The highest BCUT2D eigenvalue weighted by atomic mass is 19.1. The number of amides is 1. The van der Waals surface area contributed by atoms with E-state index in [4.69, 9.17) is 8.94 Å². The van der Waals surface area contributed by atoms with Crippen molar-refractivity contribution >= 4 is 5.91 Å². The second-order valence-corrected chi connectivity index (χ2v) is 5.22. The van der Waals surface area contributed by atoms with Crippen molar-refractivity contribution in [3.8, 4) is 11.6 Å². The summed E-state index contributed by atoms with van der Waals surface area (Å²) in [6.07, 6.45) is 2.69. The van der Waals surface area contributed by atoms with Crippen LogP contribution in [0.4, 0.5) is 4.39 Å². The minimum atomic E-state index is -0.275. The van der Waals surface area contributed by atoms with Crippen molar-refractivity contribution in [1.29, 1.82) is 0 Å². The number of aromatic nitrogens is 2. The molecule has 1 N–H and O–H groups in total. The van der Waals surface area contributed by atoms with Crippen LogP contribution in [0.1, 0.15) is 17.9 Å². The van der Waals surface area contributed by atoms with E-state index >= 15 is 0 Å². The molecule has 2 aromatic heterocycles. The van der Waals surface area contributed by atoms with Crippen molar-refractivity contribution in [3.05, 3.63) is 59.9 Å². The van der Waals surface area contributed by atoms with Gasteiger partial charge in [0.25, 0.3) is 0 Å². The fraction of sp³-hybridized carbons (Fsp3) is 0.235. The molecule has 0 bridgehead atoms. The Labute approximate surface area is 137 Å². The number of benzene rings is 1. The number of aryl methyl sites for hydroxylation is 1. The van der Waals surface area contributed by atoms with E-state index in [1.165, 1.54) is 18.4 Å². The number of rotatable bonds is 7. The average Bonchev–Trinajstić information content (AvgIpc) is 3.24. The van der Waals surface area contributed by atoms with E-state index < -0.39 is 0 Å². The van der Waals surface area contributed by atoms with Crippen LogP contribution in [0.5, 0.6) is 0 Å². The molecule has 0 atom stereocenters. The van der Waals surface area contributed by atoms with Gasteiger partial charge in [0.05, 0.1) is 6.26 Å². The average molecular weight is 329 g/mol. The van der Waals surface area contributed by atoms with Crippen molar-refractivity contribution in [2.45, 2.75) is 19.3 Å². The van der Waals surface area contributed by atoms with Crippen molar-refractivity contribution in [2.24, 2.45) is 0 Å². The monoisotopic (exact) mass is 329 g/mol. The van der Waals surface area contributed by atoms with Gasteiger partial charge in [-0.05, 0) is 36.2 Å². The van der Waals surface area contributed by atoms with E-state index in [9.17, 15) is 9.18 Å². The summed E-state index contributed by atoms with van der Waals surface area (Å²) in [5.41, 5.74) is 0.843. The van der Waals surface area contributed by atoms with E-state index in [2.05, 4.69) is 15.5 Å². The second-order valence-electron chi connectivity index (χ2n) is 5.22. The molecule has 7 heteroatoms. The van der Waals surface area contributed by atoms with E-state index in [1.54, 1.807) is 18.2 Å². The summed E-state index contributed by atoms with van der Waals surface area (Å²) in [5, 5.41) is 6.59. The fourth-order valence-corrected chi connectivity index (χ4v) is 2.21. The van der Waals surface area contributed by atoms with Crippen LogP contribution >= 0.6 is 0 Å². The van der Waals surface area contributed by atoms with Crippen LogP contribution < -0.4 is 5.32 Å². The van der Waals surface area contributed by atoms with Crippen molar-refractivity contribution in [1.82, 2.24) is 15.5 Å². The Morgan fingerprint density at radius 1 is 1.21 bits per heavy atom. The normalized spacial score (nSPS) is 10.7. The van der Waals surface area contributed by atoms with Crippen molar-refractivity contribution in [3.63, 3.8) is 0 Å². The van der Waals surface area contributed by atoms with Gasteiger partial charge in [0.1, 0.15) is 5.82 Å². The van der Waals surface area contributed by atoms with Crippen LogP contribution in [0.3, 0.4) is 0 Å². The zero-order chi connectivity index (χ0) is 16.8. The third-order valence-corrected chi connectivity index (χ3v) is 3.40. The highest BCUT2D eigenvalue weighted by molar-refractivity contribution is 5.76.